The zero-order chi connectivity index (χ0) is 17.4. The minimum Gasteiger partial charge on any atom is -0.491 e. The molecule has 0 fully saturated rings. The fourth-order valence-corrected chi connectivity index (χ4v) is 2.55. The number of hydrogen-bond acceptors (Lipinski definition) is 3. The predicted molar refractivity (Wildman–Crippen MR) is 101 cm³/mol. The van der Waals surface area contributed by atoms with Gasteiger partial charge in [0.2, 0.25) is 0 Å². The molecule has 2 aromatic carbocycles. The maximum Gasteiger partial charge on any atom is 0.142 e. The van der Waals surface area contributed by atoms with E-state index in [4.69, 9.17) is 9.47 Å². The number of hydrogen-bond donors (Lipinski definition) is 1. The van der Waals surface area contributed by atoms with Crippen LogP contribution >= 0.6 is 0 Å². The average Bonchev–Trinajstić information content (AvgIpc) is 2.58. The molecule has 0 spiro atoms. The van der Waals surface area contributed by atoms with Gasteiger partial charge in [0.1, 0.15) is 17.6 Å². The summed E-state index contributed by atoms with van der Waals surface area (Å²) < 4.78 is 12.0. The molecule has 0 saturated carbocycles. The van der Waals surface area contributed by atoms with Crippen molar-refractivity contribution < 1.29 is 9.47 Å². The highest BCUT2D eigenvalue weighted by Gasteiger charge is 2.10. The Bertz CT molecular complexity index is 619. The minimum absolute atomic E-state index is 0.0634. The molecule has 0 aromatic heterocycles. The molecular weight excluding hydrogens is 298 g/mol. The molecule has 24 heavy (non-hydrogen) atoms. The average molecular weight is 327 g/mol. The van der Waals surface area contributed by atoms with E-state index in [-0.39, 0.29) is 6.10 Å². The van der Waals surface area contributed by atoms with Crippen molar-refractivity contribution in [1.82, 2.24) is 0 Å². The standard InChI is InChI=1S/C21H29NO2/c1-5-6-14-23-20-13-8-7-12-19(20)22-15-18(4)24-21-16(2)10-9-11-17(21)3/h7-13,18,22H,5-6,14-15H2,1-4H3. The van der Waals surface area contributed by atoms with Crippen molar-refractivity contribution in [2.75, 3.05) is 18.5 Å². The van der Waals surface area contributed by atoms with Crippen LogP contribution in [0, 0.1) is 13.8 Å². The van der Waals surface area contributed by atoms with Crippen molar-refractivity contribution in [1.29, 1.82) is 0 Å². The molecule has 0 aliphatic rings. The van der Waals surface area contributed by atoms with Crippen molar-refractivity contribution in [2.45, 2.75) is 46.6 Å². The second-order valence-electron chi connectivity index (χ2n) is 6.23. The first kappa shape index (κ1) is 18.2. The highest BCUT2D eigenvalue weighted by atomic mass is 16.5. The molecule has 0 saturated heterocycles. The Morgan fingerprint density at radius 1 is 1.00 bits per heavy atom. The summed E-state index contributed by atoms with van der Waals surface area (Å²) in [4.78, 5) is 0. The summed E-state index contributed by atoms with van der Waals surface area (Å²) in [5.74, 6) is 1.89. The van der Waals surface area contributed by atoms with Gasteiger partial charge in [0.15, 0.2) is 0 Å². The molecule has 0 heterocycles. The fraction of sp³-hybridized carbons (Fsp3) is 0.429. The third-order valence-corrected chi connectivity index (χ3v) is 3.95. The number of para-hydroxylation sites is 3. The number of rotatable bonds is 9. The molecule has 0 aliphatic carbocycles. The van der Waals surface area contributed by atoms with Gasteiger partial charge in [-0.25, -0.2) is 0 Å². The van der Waals surface area contributed by atoms with Gasteiger partial charge >= 0.3 is 0 Å². The molecule has 2 aromatic rings. The third kappa shape index (κ3) is 5.19. The lowest BCUT2D eigenvalue weighted by atomic mass is 10.1. The molecule has 1 N–H and O–H groups in total. The van der Waals surface area contributed by atoms with E-state index in [0.717, 1.165) is 43.2 Å². The van der Waals surface area contributed by atoms with Gasteiger partial charge in [-0.2, -0.15) is 0 Å². The second-order valence-corrected chi connectivity index (χ2v) is 6.23. The Balaban J connectivity index is 1.93. The van der Waals surface area contributed by atoms with E-state index in [0.29, 0.717) is 0 Å². The number of ether oxygens (including phenoxy) is 2. The van der Waals surface area contributed by atoms with Crippen molar-refractivity contribution in [3.63, 3.8) is 0 Å². The van der Waals surface area contributed by atoms with Gasteiger partial charge in [-0.3, -0.25) is 0 Å². The minimum atomic E-state index is 0.0634. The van der Waals surface area contributed by atoms with Crippen LogP contribution in [0.2, 0.25) is 0 Å². The molecule has 0 bridgehead atoms. The summed E-state index contributed by atoms with van der Waals surface area (Å²) in [6.07, 6.45) is 2.27. The molecule has 1 unspecified atom stereocenters. The molecule has 3 heteroatoms. The predicted octanol–water partition coefficient (Wildman–Crippen LogP) is 5.36. The molecule has 0 aliphatic heterocycles. The third-order valence-electron chi connectivity index (χ3n) is 3.95. The van der Waals surface area contributed by atoms with Gasteiger partial charge in [0, 0.05) is 0 Å². The first-order chi connectivity index (χ1) is 11.6. The smallest absolute Gasteiger partial charge is 0.142 e. The van der Waals surface area contributed by atoms with Crippen LogP contribution in [0.25, 0.3) is 0 Å². The Labute approximate surface area is 146 Å². The molecule has 0 radical (unpaired) electrons. The van der Waals surface area contributed by atoms with Gasteiger partial charge in [0.05, 0.1) is 18.8 Å². The Hall–Kier alpha value is -2.16. The highest BCUT2D eigenvalue weighted by Crippen LogP contribution is 2.26. The van der Waals surface area contributed by atoms with Crippen LogP contribution in [0.1, 0.15) is 37.8 Å². The normalized spacial score (nSPS) is 11.8. The van der Waals surface area contributed by atoms with E-state index in [9.17, 15) is 0 Å². The summed E-state index contributed by atoms with van der Waals surface area (Å²) >= 11 is 0. The van der Waals surface area contributed by atoms with Crippen LogP contribution in [-0.4, -0.2) is 19.3 Å². The fourth-order valence-electron chi connectivity index (χ4n) is 2.55. The van der Waals surface area contributed by atoms with Gasteiger partial charge < -0.3 is 14.8 Å². The van der Waals surface area contributed by atoms with E-state index in [1.54, 1.807) is 0 Å². The van der Waals surface area contributed by atoms with Crippen molar-refractivity contribution in [2.24, 2.45) is 0 Å². The lowest BCUT2D eigenvalue weighted by Gasteiger charge is -2.20. The zero-order valence-corrected chi connectivity index (χ0v) is 15.3. The van der Waals surface area contributed by atoms with E-state index >= 15 is 0 Å². The van der Waals surface area contributed by atoms with Crippen LogP contribution in [0.3, 0.4) is 0 Å². The largest absolute Gasteiger partial charge is 0.491 e. The maximum atomic E-state index is 6.13. The topological polar surface area (TPSA) is 30.5 Å². The van der Waals surface area contributed by atoms with E-state index < -0.39 is 0 Å². The second kappa shape index (κ2) is 9.21. The van der Waals surface area contributed by atoms with Crippen molar-refractivity contribution in [3.8, 4) is 11.5 Å². The van der Waals surface area contributed by atoms with Crippen LogP contribution in [-0.2, 0) is 0 Å². The summed E-state index contributed by atoms with van der Waals surface area (Å²) in [6, 6.07) is 14.3. The maximum absolute atomic E-state index is 6.13. The molecule has 1 atom stereocenters. The number of benzene rings is 2. The first-order valence-electron chi connectivity index (χ1n) is 8.80. The number of unbranched alkanes of at least 4 members (excludes halogenated alkanes) is 1. The summed E-state index contributed by atoms with van der Waals surface area (Å²) in [5.41, 5.74) is 3.36. The van der Waals surface area contributed by atoms with Gasteiger partial charge in [0.25, 0.3) is 0 Å². The van der Waals surface area contributed by atoms with E-state index in [2.05, 4.69) is 51.2 Å². The Kier molecular flexibility index (Phi) is 6.98. The number of aryl methyl sites for hydroxylation is 2. The lowest BCUT2D eigenvalue weighted by Crippen LogP contribution is -2.23. The zero-order valence-electron chi connectivity index (χ0n) is 15.3. The van der Waals surface area contributed by atoms with Crippen LogP contribution in [0.5, 0.6) is 11.5 Å². The van der Waals surface area contributed by atoms with Crippen molar-refractivity contribution in [3.05, 3.63) is 53.6 Å². The van der Waals surface area contributed by atoms with Crippen LogP contribution in [0.4, 0.5) is 5.69 Å². The summed E-state index contributed by atoms with van der Waals surface area (Å²) in [5, 5.41) is 3.45. The molecule has 2 rings (SSSR count). The number of anilines is 1. The van der Waals surface area contributed by atoms with E-state index in [1.165, 1.54) is 11.1 Å². The van der Waals surface area contributed by atoms with Gasteiger partial charge in [-0.15, -0.1) is 0 Å². The quantitative estimate of drug-likeness (QED) is 0.629. The SMILES string of the molecule is CCCCOc1ccccc1NCC(C)Oc1c(C)cccc1C. The number of nitrogens with one attached hydrogen (secondary N) is 1. The Morgan fingerprint density at radius 2 is 1.71 bits per heavy atom. The summed E-state index contributed by atoms with van der Waals surface area (Å²) in [6.45, 7) is 9.89. The van der Waals surface area contributed by atoms with Crippen molar-refractivity contribution >= 4 is 5.69 Å². The van der Waals surface area contributed by atoms with Gasteiger partial charge in [-0.05, 0) is 50.5 Å². The monoisotopic (exact) mass is 327 g/mol. The van der Waals surface area contributed by atoms with Crippen LogP contribution in [0.15, 0.2) is 42.5 Å². The Morgan fingerprint density at radius 3 is 2.42 bits per heavy atom. The first-order valence-corrected chi connectivity index (χ1v) is 8.80. The molecule has 3 nitrogen and oxygen atoms in total. The van der Waals surface area contributed by atoms with Gasteiger partial charge in [-0.1, -0.05) is 43.7 Å². The molecule has 130 valence electrons. The molecule has 0 amide bonds. The van der Waals surface area contributed by atoms with Crippen LogP contribution < -0.4 is 14.8 Å². The van der Waals surface area contributed by atoms with E-state index in [1.807, 2.05) is 24.3 Å². The lowest BCUT2D eigenvalue weighted by molar-refractivity contribution is 0.231. The summed E-state index contributed by atoms with van der Waals surface area (Å²) in [7, 11) is 0. The molecular formula is C21H29NO2. The highest BCUT2D eigenvalue weighted by molar-refractivity contribution is 5.56.